The molecule has 1 aromatic carbocycles. The summed E-state index contributed by atoms with van der Waals surface area (Å²) in [6.07, 6.45) is 9.03. The highest BCUT2D eigenvalue weighted by Crippen LogP contribution is 2.43. The zero-order chi connectivity index (χ0) is 13.2. The van der Waals surface area contributed by atoms with Crippen LogP contribution in [0.3, 0.4) is 0 Å². The van der Waals surface area contributed by atoms with Crippen molar-refractivity contribution < 1.29 is 5.21 Å². The fourth-order valence-electron chi connectivity index (χ4n) is 3.96. The normalized spacial score (nSPS) is 26.4. The van der Waals surface area contributed by atoms with Gasteiger partial charge in [-0.2, -0.15) is 0 Å². The summed E-state index contributed by atoms with van der Waals surface area (Å²) in [6, 6.07) is 6.67. The van der Waals surface area contributed by atoms with Gasteiger partial charge in [-0.05, 0) is 56.1 Å². The number of aryl methyl sites for hydroxylation is 1. The Hall–Kier alpha value is -1.31. The van der Waals surface area contributed by atoms with E-state index in [9.17, 15) is 5.21 Å². The van der Waals surface area contributed by atoms with Crippen LogP contribution in [-0.2, 0) is 0 Å². The van der Waals surface area contributed by atoms with E-state index < -0.39 is 0 Å². The van der Waals surface area contributed by atoms with Gasteiger partial charge < -0.3 is 5.21 Å². The van der Waals surface area contributed by atoms with Gasteiger partial charge in [-0.3, -0.25) is 0 Å². The van der Waals surface area contributed by atoms with E-state index in [1.54, 1.807) is 0 Å². The Morgan fingerprint density at radius 1 is 1.11 bits per heavy atom. The number of nitrogens with zero attached hydrogens (tertiary/aromatic N) is 1. The molecule has 2 aliphatic rings. The van der Waals surface area contributed by atoms with Gasteiger partial charge in [0.15, 0.2) is 0 Å². The Bertz CT molecular complexity index is 486. The van der Waals surface area contributed by atoms with Gasteiger partial charge in [0.1, 0.15) is 0 Å². The van der Waals surface area contributed by atoms with Crippen molar-refractivity contribution in [1.29, 1.82) is 0 Å². The first-order valence-corrected chi connectivity index (χ1v) is 7.61. The molecular formula is C17H23NO. The molecule has 0 bridgehead atoms. The average Bonchev–Trinajstić information content (AvgIpc) is 2.47. The van der Waals surface area contributed by atoms with Crippen LogP contribution in [0.25, 0.3) is 0 Å². The number of hydrogen-bond acceptors (Lipinski definition) is 2. The first kappa shape index (κ1) is 12.7. The van der Waals surface area contributed by atoms with Gasteiger partial charge in [-0.15, -0.1) is 0 Å². The number of fused-ring (bicyclic) bond motifs is 1. The van der Waals surface area contributed by atoms with Crippen molar-refractivity contribution in [3.63, 3.8) is 0 Å². The van der Waals surface area contributed by atoms with Crippen LogP contribution in [-0.4, -0.2) is 10.9 Å². The summed E-state index contributed by atoms with van der Waals surface area (Å²) in [7, 11) is 0. The highest BCUT2D eigenvalue weighted by molar-refractivity contribution is 6.02. The Balaban J connectivity index is 1.96. The predicted molar refractivity (Wildman–Crippen MR) is 78.1 cm³/mol. The van der Waals surface area contributed by atoms with Crippen LogP contribution >= 0.6 is 0 Å². The summed E-state index contributed by atoms with van der Waals surface area (Å²) >= 11 is 0. The van der Waals surface area contributed by atoms with Crippen LogP contribution < -0.4 is 0 Å². The zero-order valence-electron chi connectivity index (χ0n) is 11.7. The van der Waals surface area contributed by atoms with E-state index in [1.807, 2.05) is 0 Å². The SMILES string of the molecule is Cc1ccc2c(c1)/C(=N\O)CC[C@H]2C1CCCCC1. The van der Waals surface area contributed by atoms with E-state index >= 15 is 0 Å². The largest absolute Gasteiger partial charge is 0.411 e. The molecule has 0 amide bonds. The second kappa shape index (κ2) is 5.36. The van der Waals surface area contributed by atoms with Crippen LogP contribution in [0.5, 0.6) is 0 Å². The average molecular weight is 257 g/mol. The van der Waals surface area contributed by atoms with Gasteiger partial charge in [0, 0.05) is 5.56 Å². The van der Waals surface area contributed by atoms with Crippen molar-refractivity contribution in [2.45, 2.75) is 57.8 Å². The van der Waals surface area contributed by atoms with Gasteiger partial charge in [0.05, 0.1) is 5.71 Å². The summed E-state index contributed by atoms with van der Waals surface area (Å²) < 4.78 is 0. The predicted octanol–water partition coefficient (Wildman–Crippen LogP) is 4.63. The van der Waals surface area contributed by atoms with Crippen LogP contribution in [0.15, 0.2) is 23.4 Å². The molecule has 0 spiro atoms. The summed E-state index contributed by atoms with van der Waals surface area (Å²) in [5, 5.41) is 12.7. The van der Waals surface area contributed by atoms with Crippen molar-refractivity contribution in [3.05, 3.63) is 34.9 Å². The third-order valence-corrected chi connectivity index (χ3v) is 4.95. The maximum Gasteiger partial charge on any atom is 0.0870 e. The molecule has 0 aromatic heterocycles. The Labute approximate surface area is 115 Å². The molecule has 2 heteroatoms. The first-order chi connectivity index (χ1) is 9.29. The van der Waals surface area contributed by atoms with Crippen LogP contribution in [0.4, 0.5) is 0 Å². The van der Waals surface area contributed by atoms with Crippen molar-refractivity contribution in [3.8, 4) is 0 Å². The number of benzene rings is 1. The van der Waals surface area contributed by atoms with E-state index in [2.05, 4.69) is 30.3 Å². The Kier molecular flexibility index (Phi) is 3.58. The monoisotopic (exact) mass is 257 g/mol. The standard InChI is InChI=1S/C17H23NO/c1-12-7-8-15-14(13-5-3-2-4-6-13)9-10-17(18-19)16(15)11-12/h7-8,11,13-14,19H,2-6,9-10H2,1H3/b18-17-/t14-/m0/s1. The number of oxime groups is 1. The second-order valence-corrected chi connectivity index (χ2v) is 6.18. The molecule has 0 aliphatic heterocycles. The molecule has 2 nitrogen and oxygen atoms in total. The molecule has 1 saturated carbocycles. The molecule has 0 heterocycles. The molecule has 1 N–H and O–H groups in total. The quantitative estimate of drug-likeness (QED) is 0.577. The smallest absolute Gasteiger partial charge is 0.0870 e. The highest BCUT2D eigenvalue weighted by Gasteiger charge is 2.31. The maximum absolute atomic E-state index is 9.21. The minimum atomic E-state index is 0.682. The molecule has 1 aromatic rings. The molecule has 102 valence electrons. The van der Waals surface area contributed by atoms with E-state index in [0.29, 0.717) is 5.92 Å². The van der Waals surface area contributed by atoms with Gasteiger partial charge in [-0.25, -0.2) is 0 Å². The van der Waals surface area contributed by atoms with Crippen LogP contribution in [0, 0.1) is 12.8 Å². The molecule has 1 fully saturated rings. The highest BCUT2D eigenvalue weighted by atomic mass is 16.4. The van der Waals surface area contributed by atoms with E-state index in [-0.39, 0.29) is 0 Å². The summed E-state index contributed by atoms with van der Waals surface area (Å²) in [5.74, 6) is 1.52. The van der Waals surface area contributed by atoms with Gasteiger partial charge in [-0.1, -0.05) is 42.1 Å². The molecule has 19 heavy (non-hydrogen) atoms. The van der Waals surface area contributed by atoms with Gasteiger partial charge >= 0.3 is 0 Å². The molecule has 1 atom stereocenters. The number of rotatable bonds is 1. The van der Waals surface area contributed by atoms with E-state index in [4.69, 9.17) is 0 Å². The third-order valence-electron chi connectivity index (χ3n) is 4.95. The Morgan fingerprint density at radius 2 is 1.89 bits per heavy atom. The lowest BCUT2D eigenvalue weighted by atomic mass is 9.70. The van der Waals surface area contributed by atoms with Crippen molar-refractivity contribution in [2.75, 3.05) is 0 Å². The second-order valence-electron chi connectivity index (χ2n) is 6.18. The lowest BCUT2D eigenvalue weighted by molar-refractivity contribution is 0.289. The maximum atomic E-state index is 9.21. The van der Waals surface area contributed by atoms with Crippen LogP contribution in [0.2, 0.25) is 0 Å². The Morgan fingerprint density at radius 3 is 2.63 bits per heavy atom. The number of hydrogen-bond donors (Lipinski definition) is 1. The lowest BCUT2D eigenvalue weighted by Gasteiger charge is -2.35. The topological polar surface area (TPSA) is 32.6 Å². The first-order valence-electron chi connectivity index (χ1n) is 7.61. The summed E-state index contributed by atoms with van der Waals surface area (Å²) in [5.41, 5.74) is 4.76. The van der Waals surface area contributed by atoms with E-state index in [1.165, 1.54) is 48.8 Å². The van der Waals surface area contributed by atoms with Crippen LogP contribution in [0.1, 0.15) is 67.6 Å². The fraction of sp³-hybridized carbons (Fsp3) is 0.588. The van der Waals surface area contributed by atoms with E-state index in [0.717, 1.165) is 24.5 Å². The molecule has 0 radical (unpaired) electrons. The molecule has 3 rings (SSSR count). The summed E-state index contributed by atoms with van der Waals surface area (Å²) in [6.45, 7) is 2.11. The van der Waals surface area contributed by atoms with Gasteiger partial charge in [0.25, 0.3) is 0 Å². The van der Waals surface area contributed by atoms with Crippen molar-refractivity contribution in [2.24, 2.45) is 11.1 Å². The zero-order valence-corrected chi connectivity index (χ0v) is 11.7. The minimum absolute atomic E-state index is 0.682. The van der Waals surface area contributed by atoms with Crippen molar-refractivity contribution >= 4 is 5.71 Å². The van der Waals surface area contributed by atoms with Crippen molar-refractivity contribution in [1.82, 2.24) is 0 Å². The third kappa shape index (κ3) is 2.41. The summed E-state index contributed by atoms with van der Waals surface area (Å²) in [4.78, 5) is 0. The molecule has 0 saturated heterocycles. The van der Waals surface area contributed by atoms with Gasteiger partial charge in [0.2, 0.25) is 0 Å². The molecular weight excluding hydrogens is 234 g/mol. The minimum Gasteiger partial charge on any atom is -0.411 e. The lowest BCUT2D eigenvalue weighted by Crippen LogP contribution is -2.24. The fourth-order valence-corrected chi connectivity index (χ4v) is 3.96. The molecule has 0 unspecified atom stereocenters. The molecule has 2 aliphatic carbocycles.